The molecule has 104 valence electrons. The van der Waals surface area contributed by atoms with Crippen LogP contribution >= 0.6 is 0 Å². The van der Waals surface area contributed by atoms with Crippen LogP contribution in [0.2, 0.25) is 0 Å². The highest BCUT2D eigenvalue weighted by Gasteiger charge is 2.48. The van der Waals surface area contributed by atoms with Gasteiger partial charge in [-0.1, -0.05) is 43.6 Å². The van der Waals surface area contributed by atoms with Crippen molar-refractivity contribution in [2.24, 2.45) is 23.7 Å². The van der Waals surface area contributed by atoms with Crippen LogP contribution in [-0.2, 0) is 0 Å². The first kappa shape index (κ1) is 12.2. The topological polar surface area (TPSA) is 12.0 Å². The molecule has 1 aliphatic heterocycles. The average molecular weight is 257 g/mol. The summed E-state index contributed by atoms with van der Waals surface area (Å²) in [6, 6.07) is 1.63. The van der Waals surface area contributed by atoms with Gasteiger partial charge in [0.1, 0.15) is 0 Å². The molecule has 1 heteroatoms. The molecule has 3 aliphatic carbocycles. The number of fused-ring (bicyclic) bond motifs is 5. The van der Waals surface area contributed by atoms with E-state index >= 15 is 0 Å². The van der Waals surface area contributed by atoms with Crippen LogP contribution in [0.4, 0.5) is 0 Å². The number of rotatable bonds is 0. The van der Waals surface area contributed by atoms with E-state index in [1.54, 1.807) is 0 Å². The zero-order valence-corrected chi connectivity index (χ0v) is 11.9. The summed E-state index contributed by atoms with van der Waals surface area (Å²) in [5.41, 5.74) is 0. The minimum atomic E-state index is 0.782. The lowest BCUT2D eigenvalue weighted by Gasteiger charge is -2.38. The van der Waals surface area contributed by atoms with Gasteiger partial charge < -0.3 is 5.32 Å². The molecule has 0 aromatic rings. The van der Waals surface area contributed by atoms with E-state index in [4.69, 9.17) is 0 Å². The van der Waals surface area contributed by atoms with Crippen molar-refractivity contribution in [1.29, 1.82) is 0 Å². The molecule has 2 saturated carbocycles. The van der Waals surface area contributed by atoms with Gasteiger partial charge in [0.05, 0.1) is 0 Å². The maximum atomic E-state index is 4.08. The van der Waals surface area contributed by atoms with Gasteiger partial charge >= 0.3 is 0 Å². The van der Waals surface area contributed by atoms with Crippen molar-refractivity contribution in [2.45, 2.75) is 63.5 Å². The number of hydrogen-bond donors (Lipinski definition) is 1. The SMILES string of the molecule is C1=CC2CCC3C4CCCCCC4NC3C2C=CC1. The zero-order chi connectivity index (χ0) is 12.7. The molecule has 0 bridgehead atoms. The first-order chi connectivity index (χ1) is 9.43. The standard InChI is InChI=1S/C18H27N/c1-3-7-13-11-12-16-15-9-5-2-6-10-17(15)19-18(16)14(13)8-4-1/h3-4,7-8,13-19H,1-2,5-6,9-12H2. The fourth-order valence-electron chi connectivity index (χ4n) is 5.38. The van der Waals surface area contributed by atoms with Gasteiger partial charge in [-0.25, -0.2) is 0 Å². The highest BCUT2D eigenvalue weighted by molar-refractivity contribution is 5.15. The largest absolute Gasteiger partial charge is 0.310 e. The Morgan fingerprint density at radius 2 is 1.68 bits per heavy atom. The Bertz CT molecular complexity index is 383. The quantitative estimate of drug-likeness (QED) is 0.645. The monoisotopic (exact) mass is 257 g/mol. The predicted molar refractivity (Wildman–Crippen MR) is 79.9 cm³/mol. The van der Waals surface area contributed by atoms with Crippen LogP contribution in [0.5, 0.6) is 0 Å². The number of hydrogen-bond acceptors (Lipinski definition) is 1. The van der Waals surface area contributed by atoms with Crippen molar-refractivity contribution in [3.8, 4) is 0 Å². The molecule has 0 aromatic heterocycles. The third-order valence-corrected chi connectivity index (χ3v) is 6.24. The first-order valence-electron chi connectivity index (χ1n) is 8.53. The fourth-order valence-corrected chi connectivity index (χ4v) is 5.38. The van der Waals surface area contributed by atoms with Crippen molar-refractivity contribution in [1.82, 2.24) is 5.32 Å². The lowest BCUT2D eigenvalue weighted by Crippen LogP contribution is -2.43. The third-order valence-electron chi connectivity index (χ3n) is 6.24. The zero-order valence-electron chi connectivity index (χ0n) is 11.9. The fraction of sp³-hybridized carbons (Fsp3) is 0.778. The molecular formula is C18H27N. The van der Waals surface area contributed by atoms with Gasteiger partial charge in [-0.15, -0.1) is 0 Å². The molecule has 1 nitrogen and oxygen atoms in total. The summed E-state index contributed by atoms with van der Waals surface area (Å²) in [6.45, 7) is 0. The minimum absolute atomic E-state index is 0.782. The summed E-state index contributed by atoms with van der Waals surface area (Å²) in [5, 5.41) is 4.08. The van der Waals surface area contributed by atoms with E-state index in [0.717, 1.165) is 42.2 Å². The maximum absolute atomic E-state index is 4.08. The lowest BCUT2D eigenvalue weighted by atomic mass is 9.67. The summed E-state index contributed by atoms with van der Waals surface area (Å²) < 4.78 is 0. The molecule has 0 radical (unpaired) electrons. The molecule has 1 saturated heterocycles. The van der Waals surface area contributed by atoms with Crippen LogP contribution in [0.25, 0.3) is 0 Å². The molecule has 0 amide bonds. The van der Waals surface area contributed by atoms with Crippen molar-refractivity contribution in [3.63, 3.8) is 0 Å². The highest BCUT2D eigenvalue weighted by Crippen LogP contribution is 2.48. The van der Waals surface area contributed by atoms with Crippen LogP contribution in [-0.4, -0.2) is 12.1 Å². The van der Waals surface area contributed by atoms with Crippen LogP contribution in [0.3, 0.4) is 0 Å². The molecule has 19 heavy (non-hydrogen) atoms. The number of nitrogens with one attached hydrogen (secondary N) is 1. The average Bonchev–Trinajstić information content (AvgIpc) is 2.65. The Morgan fingerprint density at radius 3 is 2.68 bits per heavy atom. The van der Waals surface area contributed by atoms with Gasteiger partial charge in [0.15, 0.2) is 0 Å². The summed E-state index contributed by atoms with van der Waals surface area (Å²) in [6.07, 6.45) is 21.2. The van der Waals surface area contributed by atoms with Gasteiger partial charge in [0.25, 0.3) is 0 Å². The maximum Gasteiger partial charge on any atom is 0.0170 e. The molecule has 0 aromatic carbocycles. The smallest absolute Gasteiger partial charge is 0.0170 e. The van der Waals surface area contributed by atoms with Crippen LogP contribution < -0.4 is 5.32 Å². The third kappa shape index (κ3) is 2.11. The molecule has 6 unspecified atom stereocenters. The van der Waals surface area contributed by atoms with Crippen molar-refractivity contribution < 1.29 is 0 Å². The molecule has 4 aliphatic rings. The lowest BCUT2D eigenvalue weighted by molar-refractivity contribution is 0.186. The van der Waals surface area contributed by atoms with Gasteiger partial charge in [-0.05, 0) is 55.8 Å². The van der Waals surface area contributed by atoms with Crippen molar-refractivity contribution >= 4 is 0 Å². The second kappa shape index (κ2) is 5.09. The first-order valence-corrected chi connectivity index (χ1v) is 8.53. The van der Waals surface area contributed by atoms with Crippen LogP contribution in [0, 0.1) is 23.7 Å². The summed E-state index contributed by atoms with van der Waals surface area (Å²) in [4.78, 5) is 0. The van der Waals surface area contributed by atoms with Gasteiger partial charge in [0.2, 0.25) is 0 Å². The minimum Gasteiger partial charge on any atom is -0.310 e. The van der Waals surface area contributed by atoms with Crippen molar-refractivity contribution in [3.05, 3.63) is 24.3 Å². The molecule has 1 heterocycles. The Hall–Kier alpha value is -0.560. The van der Waals surface area contributed by atoms with E-state index in [2.05, 4.69) is 29.6 Å². The van der Waals surface area contributed by atoms with Crippen molar-refractivity contribution in [2.75, 3.05) is 0 Å². The van der Waals surface area contributed by atoms with E-state index in [-0.39, 0.29) is 0 Å². The second-order valence-electron chi connectivity index (χ2n) is 7.18. The van der Waals surface area contributed by atoms with E-state index in [1.807, 2.05) is 0 Å². The Kier molecular flexibility index (Phi) is 3.27. The van der Waals surface area contributed by atoms with Crippen LogP contribution in [0.1, 0.15) is 51.4 Å². The van der Waals surface area contributed by atoms with E-state index in [9.17, 15) is 0 Å². The predicted octanol–water partition coefficient (Wildman–Crippen LogP) is 4.07. The summed E-state index contributed by atoms with van der Waals surface area (Å²) in [7, 11) is 0. The van der Waals surface area contributed by atoms with E-state index in [1.165, 1.54) is 44.9 Å². The number of allylic oxidation sites excluding steroid dienone is 3. The Morgan fingerprint density at radius 1 is 0.789 bits per heavy atom. The van der Waals surface area contributed by atoms with Gasteiger partial charge in [-0.3, -0.25) is 0 Å². The normalized spacial score (nSPS) is 48.8. The molecule has 6 atom stereocenters. The van der Waals surface area contributed by atoms with Gasteiger partial charge in [-0.2, -0.15) is 0 Å². The molecule has 4 rings (SSSR count). The van der Waals surface area contributed by atoms with E-state index in [0.29, 0.717) is 0 Å². The summed E-state index contributed by atoms with van der Waals surface area (Å²) in [5.74, 6) is 3.56. The van der Waals surface area contributed by atoms with E-state index < -0.39 is 0 Å². The molecular weight excluding hydrogens is 230 g/mol. The molecule has 3 fully saturated rings. The highest BCUT2D eigenvalue weighted by atomic mass is 15.0. The van der Waals surface area contributed by atoms with Crippen LogP contribution in [0.15, 0.2) is 24.3 Å². The Balaban J connectivity index is 1.59. The molecule has 1 N–H and O–H groups in total. The second-order valence-corrected chi connectivity index (χ2v) is 7.18. The summed E-state index contributed by atoms with van der Waals surface area (Å²) >= 11 is 0. The van der Waals surface area contributed by atoms with Gasteiger partial charge in [0, 0.05) is 12.1 Å². The Labute approximate surface area is 117 Å². The molecule has 0 spiro atoms.